The molecule has 1 amide bonds. The minimum atomic E-state index is -0.551. The summed E-state index contributed by atoms with van der Waals surface area (Å²) in [6.45, 7) is 6.03. The number of aliphatic hydroxyl groups excluding tert-OH is 1. The van der Waals surface area contributed by atoms with Gasteiger partial charge in [-0.2, -0.15) is 0 Å². The topological polar surface area (TPSA) is 161 Å². The molecular weight excluding hydrogens is 625 g/mol. The van der Waals surface area contributed by atoms with Gasteiger partial charge in [-0.15, -0.1) is 0 Å². The van der Waals surface area contributed by atoms with Crippen molar-refractivity contribution in [2.75, 3.05) is 18.6 Å². The molecule has 260 valence electrons. The highest BCUT2D eigenvalue weighted by Gasteiger charge is 2.40. The van der Waals surface area contributed by atoms with Crippen molar-refractivity contribution in [2.45, 2.75) is 129 Å². The van der Waals surface area contributed by atoms with Gasteiger partial charge in [-0.25, -0.2) is 4.99 Å². The highest BCUT2D eigenvalue weighted by molar-refractivity contribution is 8.76. The number of aliphatic hydroxyl groups is 1. The number of aliphatic imine (C=N–C) groups is 1. The third-order valence-electron chi connectivity index (χ3n) is 8.90. The normalized spacial score (nSPS) is 26.0. The van der Waals surface area contributed by atoms with E-state index in [0.717, 1.165) is 55.6 Å². The number of aromatic hydroxyl groups is 1. The van der Waals surface area contributed by atoms with E-state index in [-0.39, 0.29) is 48.1 Å². The van der Waals surface area contributed by atoms with Gasteiger partial charge in [0.15, 0.2) is 17.5 Å². The van der Waals surface area contributed by atoms with Crippen LogP contribution in [0, 0.1) is 11.8 Å². The minimum Gasteiger partial charge on any atom is -0.504 e. The van der Waals surface area contributed by atoms with Crippen LogP contribution in [-0.2, 0) is 27.3 Å². The number of phenols is 1. The Balaban J connectivity index is 1.93. The summed E-state index contributed by atoms with van der Waals surface area (Å²) < 4.78 is 11.2. The molecule has 12 heteroatoms. The monoisotopic (exact) mass is 680 g/mol. The van der Waals surface area contributed by atoms with Crippen molar-refractivity contribution >= 4 is 39.4 Å². The summed E-state index contributed by atoms with van der Waals surface area (Å²) in [6.07, 6.45) is 8.25. The zero-order valence-electron chi connectivity index (χ0n) is 28.1. The largest absolute Gasteiger partial charge is 0.504 e. The fraction of sp³-hybridized carbons (Fsp3) is 0.735. The predicted octanol–water partition coefficient (Wildman–Crippen LogP) is 5.55. The van der Waals surface area contributed by atoms with Gasteiger partial charge in [0.05, 0.1) is 19.3 Å². The molecule has 0 unspecified atom stereocenters. The fourth-order valence-corrected chi connectivity index (χ4v) is 8.97. The summed E-state index contributed by atoms with van der Waals surface area (Å²) in [6, 6.07) is 3.62. The van der Waals surface area contributed by atoms with Gasteiger partial charge in [0.2, 0.25) is 5.91 Å². The number of carbonyl (C=O) groups excluding carboxylic acids is 2. The minimum absolute atomic E-state index is 0.00486. The first-order chi connectivity index (χ1) is 22.0. The lowest BCUT2D eigenvalue weighted by molar-refractivity contribution is -0.148. The van der Waals surface area contributed by atoms with Crippen LogP contribution in [0.5, 0.6) is 11.5 Å². The molecule has 2 aliphatic rings. The van der Waals surface area contributed by atoms with Gasteiger partial charge in [0, 0.05) is 49.4 Å². The number of guanidine groups is 1. The number of esters is 1. The maximum atomic E-state index is 13.6. The van der Waals surface area contributed by atoms with E-state index >= 15 is 0 Å². The number of aryl methyl sites for hydroxylation is 1. The molecule has 1 aromatic carbocycles. The summed E-state index contributed by atoms with van der Waals surface area (Å²) in [5.41, 5.74) is 13.2. The second kappa shape index (κ2) is 19.5. The smallest absolute Gasteiger partial charge is 0.302 e. The Labute approximate surface area is 283 Å². The van der Waals surface area contributed by atoms with Gasteiger partial charge in [0.1, 0.15) is 6.10 Å². The number of hydrogen-bond donors (Lipinski definition) is 4. The number of fused-ring (bicyclic) bond motifs is 4. The molecule has 0 saturated carbocycles. The molecule has 1 aromatic rings. The van der Waals surface area contributed by atoms with E-state index in [9.17, 15) is 19.8 Å². The quantitative estimate of drug-likeness (QED) is 0.130. The van der Waals surface area contributed by atoms with Crippen molar-refractivity contribution in [3.63, 3.8) is 0 Å². The number of hydrogen-bond acceptors (Lipinski definition) is 9. The van der Waals surface area contributed by atoms with E-state index in [1.165, 1.54) is 14.0 Å². The number of rotatable bonds is 6. The average molecular weight is 681 g/mol. The van der Waals surface area contributed by atoms with Crippen LogP contribution in [0.1, 0.15) is 103 Å². The van der Waals surface area contributed by atoms with Crippen molar-refractivity contribution in [3.8, 4) is 11.5 Å². The van der Waals surface area contributed by atoms with E-state index in [4.69, 9.17) is 20.9 Å². The predicted molar refractivity (Wildman–Crippen MR) is 188 cm³/mol. The van der Waals surface area contributed by atoms with Crippen LogP contribution in [0.4, 0.5) is 0 Å². The van der Waals surface area contributed by atoms with Crippen molar-refractivity contribution in [1.82, 2.24) is 4.90 Å². The number of ether oxygens (including phenoxy) is 2. The number of nitrogens with zero attached hydrogens (tertiary/aromatic N) is 2. The second-order valence-electron chi connectivity index (χ2n) is 13.2. The standard InChI is InChI=1S/C34H56N4O6S2/c1-22(2)10-13-30-25-17-27(37-34(35)36)21-46-45-14-8-6-5-7-9-28(40)19-29(44-23(3)39)12-11-24-15-26(20-38(30)32(41)18-25)33(42)31(16-24)43-4/h15-16,22,25,27-30,40,42H,5-14,17-21H2,1-4H3,(H4,35,36,37)/t25-,27+,28-,29+,30+/m0/s1. The van der Waals surface area contributed by atoms with Crippen molar-refractivity contribution in [1.29, 1.82) is 0 Å². The molecule has 2 heterocycles. The van der Waals surface area contributed by atoms with E-state index < -0.39 is 12.2 Å². The third kappa shape index (κ3) is 12.7. The van der Waals surface area contributed by atoms with E-state index in [1.807, 2.05) is 21.8 Å². The average Bonchev–Trinajstić information content (AvgIpc) is 3.26. The molecule has 0 radical (unpaired) electrons. The molecule has 5 atom stereocenters. The Kier molecular flexibility index (Phi) is 16.2. The Morgan fingerprint density at radius 3 is 2.59 bits per heavy atom. The Bertz CT molecular complexity index is 1150. The molecule has 6 N–H and O–H groups in total. The molecule has 1 fully saturated rings. The first kappa shape index (κ1) is 38.1. The van der Waals surface area contributed by atoms with Gasteiger partial charge in [-0.3, -0.25) is 9.59 Å². The van der Waals surface area contributed by atoms with Gasteiger partial charge in [0.25, 0.3) is 0 Å². The van der Waals surface area contributed by atoms with Crippen LogP contribution in [0.3, 0.4) is 0 Å². The number of phenolic OH excluding ortho intramolecular Hbond substituents is 1. The number of amides is 1. The first-order valence-corrected chi connectivity index (χ1v) is 19.3. The molecule has 0 aromatic heterocycles. The Morgan fingerprint density at radius 1 is 1.13 bits per heavy atom. The molecule has 10 nitrogen and oxygen atoms in total. The van der Waals surface area contributed by atoms with Crippen LogP contribution in [0.15, 0.2) is 17.1 Å². The summed E-state index contributed by atoms with van der Waals surface area (Å²) in [5.74, 6) is 2.48. The summed E-state index contributed by atoms with van der Waals surface area (Å²) in [7, 11) is 5.12. The highest BCUT2D eigenvalue weighted by Crippen LogP contribution is 2.39. The molecule has 2 aliphatic heterocycles. The van der Waals surface area contributed by atoms with Crippen LogP contribution >= 0.6 is 21.6 Å². The van der Waals surface area contributed by atoms with Gasteiger partial charge < -0.3 is 36.1 Å². The molecular formula is C34H56N4O6S2. The van der Waals surface area contributed by atoms with Crippen LogP contribution in [0.25, 0.3) is 0 Å². The van der Waals surface area contributed by atoms with E-state index in [1.54, 1.807) is 16.9 Å². The number of carbonyl (C=O) groups is 2. The van der Waals surface area contributed by atoms with Crippen molar-refractivity contribution in [3.05, 3.63) is 23.3 Å². The lowest BCUT2D eigenvalue weighted by Crippen LogP contribution is -2.36. The molecule has 46 heavy (non-hydrogen) atoms. The second-order valence-corrected chi connectivity index (χ2v) is 15.9. The van der Waals surface area contributed by atoms with Gasteiger partial charge in [-0.05, 0) is 68.4 Å². The molecule has 0 aliphatic carbocycles. The van der Waals surface area contributed by atoms with Gasteiger partial charge >= 0.3 is 5.97 Å². The summed E-state index contributed by atoms with van der Waals surface area (Å²) in [4.78, 5) is 32.0. The zero-order valence-corrected chi connectivity index (χ0v) is 29.8. The lowest BCUT2D eigenvalue weighted by atomic mass is 9.88. The summed E-state index contributed by atoms with van der Waals surface area (Å²) in [5, 5.41) is 21.9. The molecule has 1 saturated heterocycles. The van der Waals surface area contributed by atoms with Crippen LogP contribution in [-0.4, -0.2) is 75.9 Å². The fourth-order valence-electron chi connectivity index (χ4n) is 6.60. The maximum Gasteiger partial charge on any atom is 0.302 e. The SMILES string of the molecule is COc1cc2cc(c1O)CN1C(=O)C[C@H](C[C@@H](N=C(N)N)CSSCCCCCC[C@H](O)C[C@H](OC(C)=O)CC2)[C@H]1CCC(C)C. The first-order valence-electron chi connectivity index (χ1n) is 16.8. The van der Waals surface area contributed by atoms with Crippen LogP contribution < -0.4 is 16.2 Å². The van der Waals surface area contributed by atoms with E-state index in [0.29, 0.717) is 55.8 Å². The van der Waals surface area contributed by atoms with Crippen LogP contribution in [0.2, 0.25) is 0 Å². The molecule has 3 rings (SSSR count). The number of benzene rings is 1. The van der Waals surface area contributed by atoms with E-state index in [2.05, 4.69) is 18.8 Å². The number of methoxy groups -OCH3 is 1. The molecule has 0 spiro atoms. The maximum absolute atomic E-state index is 13.6. The van der Waals surface area contributed by atoms with Gasteiger partial charge in [-0.1, -0.05) is 60.8 Å². The Morgan fingerprint density at radius 2 is 1.89 bits per heavy atom. The molecule has 4 bridgehead atoms. The lowest BCUT2D eigenvalue weighted by Gasteiger charge is -2.30. The van der Waals surface area contributed by atoms with Crippen molar-refractivity contribution < 1.29 is 29.3 Å². The third-order valence-corrected chi connectivity index (χ3v) is 11.5. The Hall–Kier alpha value is -2.31. The summed E-state index contributed by atoms with van der Waals surface area (Å²) >= 11 is 0. The zero-order chi connectivity index (χ0) is 33.6. The number of nitrogens with two attached hydrogens (primary N) is 2. The van der Waals surface area contributed by atoms with Crippen molar-refractivity contribution in [2.24, 2.45) is 28.3 Å². The highest BCUT2D eigenvalue weighted by atomic mass is 33.1.